The molecule has 0 radical (unpaired) electrons. The van der Waals surface area contributed by atoms with Crippen LogP contribution in [0.5, 0.6) is 5.75 Å². The average molecular weight is 423 g/mol. The Kier molecular flexibility index (Phi) is 4.90. The van der Waals surface area contributed by atoms with E-state index in [9.17, 15) is 9.90 Å². The number of carbonyl (C=O) groups is 1. The number of aliphatic imine (C=N–C) groups is 1. The van der Waals surface area contributed by atoms with Crippen LogP contribution in [0, 0.1) is 0 Å². The number of aromatic hydroxyl groups is 1. The number of anilines is 1. The van der Waals surface area contributed by atoms with Crippen molar-refractivity contribution in [3.63, 3.8) is 0 Å². The summed E-state index contributed by atoms with van der Waals surface area (Å²) in [4.78, 5) is 22.0. The molecule has 5 nitrogen and oxygen atoms in total. The smallest absolute Gasteiger partial charge is 0.259 e. The zero-order chi connectivity index (χ0) is 21.2. The SMILES string of the molecule is O=C(Nc1nc2ccccc2s1)c1ccccc1N=Cc1cc(O)cc2ccccc12. The predicted molar refractivity (Wildman–Crippen MR) is 127 cm³/mol. The fourth-order valence-corrected chi connectivity index (χ4v) is 4.30. The van der Waals surface area contributed by atoms with Crippen molar-refractivity contribution in [1.29, 1.82) is 0 Å². The fourth-order valence-electron chi connectivity index (χ4n) is 3.44. The molecule has 0 aliphatic heterocycles. The summed E-state index contributed by atoms with van der Waals surface area (Å²) in [5.74, 6) is -0.102. The third kappa shape index (κ3) is 3.89. The maximum atomic E-state index is 12.9. The number of hydrogen-bond acceptors (Lipinski definition) is 5. The zero-order valence-electron chi connectivity index (χ0n) is 16.3. The minimum atomic E-state index is -0.271. The highest BCUT2D eigenvalue weighted by Crippen LogP contribution is 2.28. The van der Waals surface area contributed by atoms with Gasteiger partial charge in [0.15, 0.2) is 5.13 Å². The molecular weight excluding hydrogens is 406 g/mol. The van der Waals surface area contributed by atoms with Gasteiger partial charge in [0.1, 0.15) is 5.75 Å². The number of carbonyl (C=O) groups excluding carboxylic acids is 1. The maximum absolute atomic E-state index is 12.9. The summed E-state index contributed by atoms with van der Waals surface area (Å²) in [7, 11) is 0. The van der Waals surface area contributed by atoms with Crippen LogP contribution in [0.4, 0.5) is 10.8 Å². The largest absolute Gasteiger partial charge is 0.508 e. The molecule has 2 N–H and O–H groups in total. The van der Waals surface area contributed by atoms with Crippen molar-refractivity contribution in [2.24, 2.45) is 4.99 Å². The van der Waals surface area contributed by atoms with E-state index in [-0.39, 0.29) is 11.7 Å². The molecule has 0 bridgehead atoms. The van der Waals surface area contributed by atoms with E-state index in [1.54, 1.807) is 36.5 Å². The van der Waals surface area contributed by atoms with Crippen LogP contribution in [0.1, 0.15) is 15.9 Å². The molecule has 0 atom stereocenters. The van der Waals surface area contributed by atoms with Gasteiger partial charge in [-0.1, -0.05) is 59.9 Å². The molecule has 0 saturated heterocycles. The molecule has 1 heterocycles. The van der Waals surface area contributed by atoms with Crippen LogP contribution in [-0.4, -0.2) is 22.2 Å². The van der Waals surface area contributed by atoms with Crippen LogP contribution in [0.2, 0.25) is 0 Å². The molecule has 150 valence electrons. The molecule has 0 saturated carbocycles. The highest BCUT2D eigenvalue weighted by molar-refractivity contribution is 7.22. The lowest BCUT2D eigenvalue weighted by Gasteiger charge is -2.06. The minimum Gasteiger partial charge on any atom is -0.508 e. The Morgan fingerprint density at radius 2 is 1.74 bits per heavy atom. The Hall–Kier alpha value is -4.03. The van der Waals surface area contributed by atoms with Gasteiger partial charge in [0.2, 0.25) is 0 Å². The molecule has 1 aromatic heterocycles. The highest BCUT2D eigenvalue weighted by atomic mass is 32.1. The topological polar surface area (TPSA) is 74.6 Å². The zero-order valence-corrected chi connectivity index (χ0v) is 17.1. The quantitative estimate of drug-likeness (QED) is 0.340. The monoisotopic (exact) mass is 423 g/mol. The Morgan fingerprint density at radius 3 is 2.65 bits per heavy atom. The summed E-state index contributed by atoms with van der Waals surface area (Å²) in [6.07, 6.45) is 1.67. The number of nitrogens with zero attached hydrogens (tertiary/aromatic N) is 2. The molecule has 5 aromatic rings. The standard InChI is InChI=1S/C25H17N3O2S/c29-18-13-16-7-1-2-8-19(16)17(14-18)15-26-21-10-4-3-9-20(21)24(30)28-25-27-22-11-5-6-12-23(22)31-25/h1-15,29H,(H,27,28,30). The van der Waals surface area contributed by atoms with Crippen molar-refractivity contribution in [2.75, 3.05) is 5.32 Å². The second-order valence-electron chi connectivity index (χ2n) is 6.97. The van der Waals surface area contributed by atoms with Crippen LogP contribution >= 0.6 is 11.3 Å². The molecule has 6 heteroatoms. The Bertz CT molecular complexity index is 1420. The van der Waals surface area contributed by atoms with Crippen LogP contribution in [0.3, 0.4) is 0 Å². The molecule has 0 fully saturated rings. The van der Waals surface area contributed by atoms with E-state index in [0.717, 1.165) is 26.6 Å². The number of fused-ring (bicyclic) bond motifs is 2. The summed E-state index contributed by atoms with van der Waals surface area (Å²) in [6.45, 7) is 0. The molecule has 5 rings (SSSR count). The Morgan fingerprint density at radius 1 is 0.968 bits per heavy atom. The van der Waals surface area contributed by atoms with Gasteiger partial charge in [-0.2, -0.15) is 0 Å². The average Bonchev–Trinajstić information content (AvgIpc) is 3.19. The molecule has 4 aromatic carbocycles. The van der Waals surface area contributed by atoms with E-state index < -0.39 is 0 Å². The predicted octanol–water partition coefficient (Wildman–Crippen LogP) is 6.16. The second kappa shape index (κ2) is 8.01. The lowest BCUT2D eigenvalue weighted by molar-refractivity contribution is 0.102. The van der Waals surface area contributed by atoms with E-state index in [2.05, 4.69) is 15.3 Å². The highest BCUT2D eigenvalue weighted by Gasteiger charge is 2.13. The lowest BCUT2D eigenvalue weighted by atomic mass is 10.0. The summed E-state index contributed by atoms with van der Waals surface area (Å²) in [5.41, 5.74) is 2.61. The summed E-state index contributed by atoms with van der Waals surface area (Å²) in [6, 6.07) is 26.1. The number of amides is 1. The minimum absolute atomic E-state index is 0.169. The fraction of sp³-hybridized carbons (Fsp3) is 0. The van der Waals surface area contributed by atoms with E-state index in [1.165, 1.54) is 11.3 Å². The number of phenolic OH excluding ortho intramolecular Hbond substituents is 1. The summed E-state index contributed by atoms with van der Waals surface area (Å²) in [5, 5.41) is 15.4. The van der Waals surface area contributed by atoms with Gasteiger partial charge in [-0.05, 0) is 47.2 Å². The van der Waals surface area contributed by atoms with Gasteiger partial charge in [-0.15, -0.1) is 0 Å². The number of nitrogens with one attached hydrogen (secondary N) is 1. The molecule has 0 aliphatic carbocycles. The van der Waals surface area contributed by atoms with Crippen LogP contribution < -0.4 is 5.32 Å². The number of hydrogen-bond donors (Lipinski definition) is 2. The van der Waals surface area contributed by atoms with Crippen LogP contribution in [0.15, 0.2) is 89.9 Å². The van der Waals surface area contributed by atoms with E-state index in [4.69, 9.17) is 0 Å². The van der Waals surface area contributed by atoms with Crippen molar-refractivity contribution in [2.45, 2.75) is 0 Å². The molecule has 1 amide bonds. The lowest BCUT2D eigenvalue weighted by Crippen LogP contribution is -2.11. The van der Waals surface area contributed by atoms with Gasteiger partial charge in [0.25, 0.3) is 5.91 Å². The number of rotatable bonds is 4. The third-order valence-electron chi connectivity index (χ3n) is 4.88. The summed E-state index contributed by atoms with van der Waals surface area (Å²) < 4.78 is 1.01. The number of para-hydroxylation sites is 2. The number of phenols is 1. The molecule has 31 heavy (non-hydrogen) atoms. The first-order valence-corrected chi connectivity index (χ1v) is 10.5. The van der Waals surface area contributed by atoms with Gasteiger partial charge in [0.05, 0.1) is 21.5 Å². The van der Waals surface area contributed by atoms with E-state index in [0.29, 0.717) is 16.4 Å². The van der Waals surface area contributed by atoms with Gasteiger partial charge < -0.3 is 5.11 Å². The van der Waals surface area contributed by atoms with Crippen LogP contribution in [-0.2, 0) is 0 Å². The van der Waals surface area contributed by atoms with Crippen molar-refractivity contribution in [1.82, 2.24) is 4.98 Å². The molecule has 0 spiro atoms. The third-order valence-corrected chi connectivity index (χ3v) is 5.84. The normalized spacial score (nSPS) is 11.4. The van der Waals surface area contributed by atoms with Gasteiger partial charge in [-0.3, -0.25) is 15.1 Å². The number of thiazole rings is 1. The molecular formula is C25H17N3O2S. The molecule has 0 unspecified atom stereocenters. The maximum Gasteiger partial charge on any atom is 0.259 e. The van der Waals surface area contributed by atoms with Gasteiger partial charge >= 0.3 is 0 Å². The molecule has 0 aliphatic rings. The van der Waals surface area contributed by atoms with Gasteiger partial charge in [0, 0.05) is 11.8 Å². The Labute approximate surface area is 182 Å². The first kappa shape index (κ1) is 19.0. The Balaban J connectivity index is 1.46. The van der Waals surface area contributed by atoms with E-state index >= 15 is 0 Å². The number of aromatic nitrogens is 1. The van der Waals surface area contributed by atoms with Crippen LogP contribution in [0.25, 0.3) is 21.0 Å². The van der Waals surface area contributed by atoms with Crippen molar-refractivity contribution in [3.05, 3.63) is 96.1 Å². The van der Waals surface area contributed by atoms with Crippen molar-refractivity contribution < 1.29 is 9.90 Å². The first-order valence-electron chi connectivity index (χ1n) is 9.69. The first-order chi connectivity index (χ1) is 15.2. The van der Waals surface area contributed by atoms with E-state index in [1.807, 2.05) is 54.6 Å². The number of benzene rings is 4. The second-order valence-corrected chi connectivity index (χ2v) is 8.00. The van der Waals surface area contributed by atoms with Crippen molar-refractivity contribution >= 4 is 55.3 Å². The van der Waals surface area contributed by atoms with Crippen molar-refractivity contribution in [3.8, 4) is 5.75 Å². The van der Waals surface area contributed by atoms with Gasteiger partial charge in [-0.25, -0.2) is 4.98 Å². The summed E-state index contributed by atoms with van der Waals surface area (Å²) >= 11 is 1.43.